The Bertz CT molecular complexity index is 1680. The molecule has 11 heteroatoms. The fourth-order valence-corrected chi connectivity index (χ4v) is 5.40. The number of amides is 3. The molecular formula is C34H31ClFN3O5S. The molecule has 45 heavy (non-hydrogen) atoms. The molecule has 0 bridgehead atoms. The molecule has 3 N–H and O–H groups in total. The van der Waals surface area contributed by atoms with Gasteiger partial charge in [0.05, 0.1) is 24.5 Å². The molecule has 1 unspecified atom stereocenters. The Labute approximate surface area is 270 Å². The van der Waals surface area contributed by atoms with Crippen LogP contribution in [0.2, 0.25) is 5.02 Å². The van der Waals surface area contributed by atoms with Crippen molar-refractivity contribution in [3.63, 3.8) is 0 Å². The minimum Gasteiger partial charge on any atom is -0.497 e. The second-order valence-corrected chi connectivity index (χ2v) is 11.3. The van der Waals surface area contributed by atoms with E-state index in [1.807, 2.05) is 13.0 Å². The minimum absolute atomic E-state index is 0.0487. The molecule has 0 heterocycles. The first-order valence-corrected chi connectivity index (χ1v) is 15.1. The van der Waals surface area contributed by atoms with Gasteiger partial charge in [0, 0.05) is 45.6 Å². The van der Waals surface area contributed by atoms with E-state index < -0.39 is 22.9 Å². The maximum atomic E-state index is 14.6. The molecule has 1 atom stereocenters. The van der Waals surface area contributed by atoms with Gasteiger partial charge in [0.25, 0.3) is 11.8 Å². The van der Waals surface area contributed by atoms with Crippen molar-refractivity contribution in [3.05, 3.63) is 119 Å². The summed E-state index contributed by atoms with van der Waals surface area (Å²) >= 11 is 7.53. The molecule has 0 radical (unpaired) electrons. The van der Waals surface area contributed by atoms with Gasteiger partial charge in [0.1, 0.15) is 23.0 Å². The van der Waals surface area contributed by atoms with Gasteiger partial charge in [-0.2, -0.15) is 0 Å². The van der Waals surface area contributed by atoms with Crippen LogP contribution in [0, 0.1) is 5.82 Å². The summed E-state index contributed by atoms with van der Waals surface area (Å²) < 4.78 is 25.2. The van der Waals surface area contributed by atoms with Crippen LogP contribution in [0.4, 0.5) is 15.8 Å². The molecule has 0 saturated heterocycles. The molecule has 3 amide bonds. The van der Waals surface area contributed by atoms with Gasteiger partial charge in [-0.3, -0.25) is 14.4 Å². The van der Waals surface area contributed by atoms with Crippen molar-refractivity contribution in [1.29, 1.82) is 0 Å². The predicted octanol–water partition coefficient (Wildman–Crippen LogP) is 7.42. The zero-order chi connectivity index (χ0) is 32.3. The van der Waals surface area contributed by atoms with Crippen LogP contribution in [-0.2, 0) is 9.59 Å². The summed E-state index contributed by atoms with van der Waals surface area (Å²) in [5, 5.41) is 7.85. The third kappa shape index (κ3) is 9.10. The number of rotatable bonds is 12. The second-order valence-electron chi connectivity index (χ2n) is 9.60. The monoisotopic (exact) mass is 647 g/mol. The Kier molecular flexibility index (Phi) is 11.6. The lowest BCUT2D eigenvalue weighted by atomic mass is 10.1. The first-order chi connectivity index (χ1) is 21.7. The Morgan fingerprint density at radius 1 is 0.867 bits per heavy atom. The highest BCUT2D eigenvalue weighted by atomic mass is 35.5. The number of halogens is 2. The van der Waals surface area contributed by atoms with Gasteiger partial charge in [-0.15, -0.1) is 11.8 Å². The van der Waals surface area contributed by atoms with Crippen molar-refractivity contribution >= 4 is 58.5 Å². The molecule has 4 aromatic carbocycles. The van der Waals surface area contributed by atoms with E-state index in [4.69, 9.17) is 21.1 Å². The normalized spacial score (nSPS) is 11.7. The number of carbonyl (C=O) groups is 3. The van der Waals surface area contributed by atoms with E-state index in [1.165, 1.54) is 50.3 Å². The van der Waals surface area contributed by atoms with Gasteiger partial charge >= 0.3 is 0 Å². The van der Waals surface area contributed by atoms with E-state index >= 15 is 0 Å². The molecule has 0 aliphatic heterocycles. The number of benzene rings is 4. The summed E-state index contributed by atoms with van der Waals surface area (Å²) in [5.41, 5.74) is 0.978. The highest BCUT2D eigenvalue weighted by Gasteiger charge is 2.20. The zero-order valence-electron chi connectivity index (χ0n) is 24.7. The lowest BCUT2D eigenvalue weighted by Crippen LogP contribution is -2.30. The Hall–Kier alpha value is -4.80. The van der Waals surface area contributed by atoms with Gasteiger partial charge < -0.3 is 25.4 Å². The smallest absolute Gasteiger partial charge is 0.272 e. The van der Waals surface area contributed by atoms with Crippen molar-refractivity contribution in [2.75, 3.05) is 24.9 Å². The van der Waals surface area contributed by atoms with Crippen LogP contribution < -0.4 is 25.4 Å². The molecule has 232 valence electrons. The fourth-order valence-electron chi connectivity index (χ4n) is 4.17. The number of nitrogens with one attached hydrogen (secondary N) is 3. The average molecular weight is 648 g/mol. The number of ether oxygens (including phenoxy) is 2. The number of carbonyl (C=O) groups excluding carboxylic acids is 3. The Balaban J connectivity index is 1.53. The first-order valence-electron chi connectivity index (χ1n) is 13.8. The zero-order valence-corrected chi connectivity index (χ0v) is 26.3. The predicted molar refractivity (Wildman–Crippen MR) is 176 cm³/mol. The summed E-state index contributed by atoms with van der Waals surface area (Å²) in [4.78, 5) is 40.3. The van der Waals surface area contributed by atoms with Crippen molar-refractivity contribution in [2.24, 2.45) is 0 Å². The van der Waals surface area contributed by atoms with E-state index in [1.54, 1.807) is 66.7 Å². The molecule has 4 rings (SSSR count). The largest absolute Gasteiger partial charge is 0.497 e. The number of thioether (sulfide) groups is 1. The summed E-state index contributed by atoms with van der Waals surface area (Å²) in [6.45, 7) is 1.90. The fraction of sp³-hybridized carbons (Fsp3) is 0.147. The number of hydrogen-bond donors (Lipinski definition) is 3. The standard InChI is InChI=1S/C34H31ClFN3O5S/c1-4-31(34(42)38-23-16-24(43-2)19-25(17-23)44-3)45-26-13-8-12-22(18-26)37-33(41)30(20-27-28(35)14-9-15-29(27)36)39-32(40)21-10-6-5-7-11-21/h5-20,31H,4H2,1-3H3,(H,37,41)(H,38,42)(H,39,40)/b30-20+. The second kappa shape index (κ2) is 15.8. The summed E-state index contributed by atoms with van der Waals surface area (Å²) in [6, 6.07) is 24.5. The minimum atomic E-state index is -0.697. The van der Waals surface area contributed by atoms with Crippen LogP contribution in [0.25, 0.3) is 6.08 Å². The van der Waals surface area contributed by atoms with Crippen LogP contribution >= 0.6 is 23.4 Å². The van der Waals surface area contributed by atoms with Crippen molar-refractivity contribution < 1.29 is 28.2 Å². The van der Waals surface area contributed by atoms with Crippen LogP contribution in [0.3, 0.4) is 0 Å². The molecule has 4 aromatic rings. The van der Waals surface area contributed by atoms with E-state index in [0.29, 0.717) is 39.8 Å². The lowest BCUT2D eigenvalue weighted by Gasteiger charge is -2.17. The molecule has 0 aliphatic carbocycles. The molecular weight excluding hydrogens is 617 g/mol. The van der Waals surface area contributed by atoms with Crippen molar-refractivity contribution in [3.8, 4) is 11.5 Å². The van der Waals surface area contributed by atoms with Gasteiger partial charge in [-0.25, -0.2) is 4.39 Å². The quantitative estimate of drug-likeness (QED) is 0.109. The van der Waals surface area contributed by atoms with Gasteiger partial charge in [-0.1, -0.05) is 48.9 Å². The maximum Gasteiger partial charge on any atom is 0.272 e. The number of methoxy groups -OCH3 is 2. The molecule has 0 spiro atoms. The van der Waals surface area contributed by atoms with Crippen LogP contribution in [0.15, 0.2) is 102 Å². The molecule has 0 aromatic heterocycles. The maximum absolute atomic E-state index is 14.6. The third-order valence-electron chi connectivity index (χ3n) is 6.47. The molecule has 8 nitrogen and oxygen atoms in total. The first kappa shape index (κ1) is 33.1. The van der Waals surface area contributed by atoms with Gasteiger partial charge in [0.15, 0.2) is 0 Å². The van der Waals surface area contributed by atoms with Gasteiger partial charge in [-0.05, 0) is 55.0 Å². The topological polar surface area (TPSA) is 106 Å². The third-order valence-corrected chi connectivity index (χ3v) is 8.16. The molecule has 0 saturated carbocycles. The highest BCUT2D eigenvalue weighted by molar-refractivity contribution is 8.00. The Morgan fingerprint density at radius 3 is 2.20 bits per heavy atom. The van der Waals surface area contributed by atoms with Crippen molar-refractivity contribution in [1.82, 2.24) is 5.32 Å². The van der Waals surface area contributed by atoms with E-state index in [-0.39, 0.29) is 22.2 Å². The number of anilines is 2. The van der Waals surface area contributed by atoms with Crippen LogP contribution in [0.1, 0.15) is 29.3 Å². The van der Waals surface area contributed by atoms with Crippen LogP contribution in [0.5, 0.6) is 11.5 Å². The summed E-state index contributed by atoms with van der Waals surface area (Å²) in [7, 11) is 3.06. The average Bonchev–Trinajstić information content (AvgIpc) is 3.04. The molecule has 0 fully saturated rings. The summed E-state index contributed by atoms with van der Waals surface area (Å²) in [5.74, 6) is -1.05. The van der Waals surface area contributed by atoms with E-state index in [9.17, 15) is 18.8 Å². The lowest BCUT2D eigenvalue weighted by molar-refractivity contribution is -0.116. The summed E-state index contributed by atoms with van der Waals surface area (Å²) in [6.07, 6.45) is 1.72. The SMILES string of the molecule is CCC(Sc1cccc(NC(=O)/C(=C\c2c(F)cccc2Cl)NC(=O)c2ccccc2)c1)C(=O)Nc1cc(OC)cc(OC)c1. The molecule has 0 aliphatic rings. The number of hydrogen-bond acceptors (Lipinski definition) is 6. The van der Waals surface area contributed by atoms with Crippen LogP contribution in [-0.4, -0.2) is 37.2 Å². The van der Waals surface area contributed by atoms with Gasteiger partial charge in [0.2, 0.25) is 5.91 Å². The van der Waals surface area contributed by atoms with E-state index in [2.05, 4.69) is 16.0 Å². The van der Waals surface area contributed by atoms with E-state index in [0.717, 1.165) is 0 Å². The highest BCUT2D eigenvalue weighted by Crippen LogP contribution is 2.31. The Morgan fingerprint density at radius 2 is 1.56 bits per heavy atom. The van der Waals surface area contributed by atoms with Crippen molar-refractivity contribution in [2.45, 2.75) is 23.5 Å².